The minimum absolute atomic E-state index is 0.379. The molecule has 70 valence electrons. The molecule has 0 aliphatic carbocycles. The van der Waals surface area contributed by atoms with E-state index < -0.39 is 0 Å². The third-order valence-corrected chi connectivity index (χ3v) is 2.02. The Hall–Kier alpha value is -1.31. The van der Waals surface area contributed by atoms with Crippen LogP contribution < -0.4 is 5.73 Å². The number of nitrogen functional groups attached to an aromatic ring is 1. The van der Waals surface area contributed by atoms with Crippen LogP contribution >= 0.6 is 0 Å². The predicted octanol–water partition coefficient (Wildman–Crippen LogP) is 2.52. The van der Waals surface area contributed by atoms with Crippen molar-refractivity contribution in [2.24, 2.45) is 0 Å². The molecule has 0 unspecified atom stereocenters. The molecule has 0 spiro atoms. The lowest BCUT2D eigenvalue weighted by molar-refractivity contribution is 0.823. The maximum absolute atomic E-state index is 5.96. The number of hydrogen-bond acceptors (Lipinski definition) is 2. The average Bonchev–Trinajstić information content (AvgIpc) is 2.08. The third-order valence-electron chi connectivity index (χ3n) is 2.02. The lowest BCUT2D eigenvalue weighted by Gasteiger charge is -2.10. The van der Waals surface area contributed by atoms with Gasteiger partial charge in [0, 0.05) is 6.20 Å². The molecule has 0 saturated heterocycles. The summed E-state index contributed by atoms with van der Waals surface area (Å²) >= 11 is 0. The van der Waals surface area contributed by atoms with Gasteiger partial charge >= 0.3 is 0 Å². The minimum atomic E-state index is 0.379. The van der Waals surface area contributed by atoms with Gasteiger partial charge in [-0.05, 0) is 24.0 Å². The number of aromatic nitrogens is 1. The van der Waals surface area contributed by atoms with Gasteiger partial charge in [0.2, 0.25) is 0 Å². The molecular weight excluding hydrogens is 160 g/mol. The van der Waals surface area contributed by atoms with Crippen LogP contribution in [-0.2, 0) is 6.42 Å². The SMILES string of the molecule is C=CCc1ccnc(C(C)C)c1N. The summed E-state index contributed by atoms with van der Waals surface area (Å²) in [6.07, 6.45) is 4.48. The van der Waals surface area contributed by atoms with Gasteiger partial charge in [0.25, 0.3) is 0 Å². The van der Waals surface area contributed by atoms with Gasteiger partial charge < -0.3 is 5.73 Å². The van der Waals surface area contributed by atoms with Crippen LogP contribution in [0.2, 0.25) is 0 Å². The van der Waals surface area contributed by atoms with Crippen LogP contribution in [0.15, 0.2) is 24.9 Å². The molecular formula is C11H16N2. The third kappa shape index (κ3) is 2.08. The van der Waals surface area contributed by atoms with Crippen molar-refractivity contribution in [3.05, 3.63) is 36.2 Å². The monoisotopic (exact) mass is 176 g/mol. The van der Waals surface area contributed by atoms with Gasteiger partial charge in [-0.2, -0.15) is 0 Å². The summed E-state index contributed by atoms with van der Waals surface area (Å²) in [5.74, 6) is 0.379. The molecule has 2 nitrogen and oxygen atoms in total. The minimum Gasteiger partial charge on any atom is -0.397 e. The largest absolute Gasteiger partial charge is 0.397 e. The number of hydrogen-bond donors (Lipinski definition) is 1. The maximum Gasteiger partial charge on any atom is 0.0660 e. The van der Waals surface area contributed by atoms with E-state index >= 15 is 0 Å². The van der Waals surface area contributed by atoms with Gasteiger partial charge in [0.1, 0.15) is 0 Å². The van der Waals surface area contributed by atoms with E-state index in [4.69, 9.17) is 5.73 Å². The van der Waals surface area contributed by atoms with Gasteiger partial charge in [-0.3, -0.25) is 4.98 Å². The molecule has 0 amide bonds. The molecule has 1 aromatic heterocycles. The van der Waals surface area contributed by atoms with Crippen LogP contribution in [-0.4, -0.2) is 4.98 Å². The normalized spacial score (nSPS) is 10.4. The molecule has 0 aliphatic heterocycles. The van der Waals surface area contributed by atoms with E-state index in [1.807, 2.05) is 18.3 Å². The highest BCUT2D eigenvalue weighted by Gasteiger charge is 2.07. The van der Waals surface area contributed by atoms with Crippen molar-refractivity contribution in [2.75, 3.05) is 5.73 Å². The first-order valence-corrected chi connectivity index (χ1v) is 4.51. The molecule has 0 aromatic carbocycles. The second kappa shape index (κ2) is 4.08. The summed E-state index contributed by atoms with van der Waals surface area (Å²) in [5, 5.41) is 0. The van der Waals surface area contributed by atoms with E-state index in [2.05, 4.69) is 25.4 Å². The molecule has 0 fully saturated rings. The van der Waals surface area contributed by atoms with Crippen molar-refractivity contribution in [3.8, 4) is 0 Å². The average molecular weight is 176 g/mol. The number of pyridine rings is 1. The Morgan fingerprint density at radius 3 is 2.85 bits per heavy atom. The van der Waals surface area contributed by atoms with Crippen LogP contribution in [0.3, 0.4) is 0 Å². The van der Waals surface area contributed by atoms with Crippen LogP contribution in [0.5, 0.6) is 0 Å². The number of rotatable bonds is 3. The Morgan fingerprint density at radius 1 is 1.62 bits per heavy atom. The number of anilines is 1. The molecule has 0 bridgehead atoms. The van der Waals surface area contributed by atoms with Crippen LogP contribution in [0.4, 0.5) is 5.69 Å². The van der Waals surface area contributed by atoms with Crippen molar-refractivity contribution in [3.63, 3.8) is 0 Å². The zero-order valence-electron chi connectivity index (χ0n) is 8.25. The smallest absolute Gasteiger partial charge is 0.0660 e. The molecule has 1 aromatic rings. The Kier molecular flexibility index (Phi) is 3.07. The highest BCUT2D eigenvalue weighted by molar-refractivity contribution is 5.52. The lowest BCUT2D eigenvalue weighted by Crippen LogP contribution is -2.03. The van der Waals surface area contributed by atoms with E-state index in [1.54, 1.807) is 0 Å². The van der Waals surface area contributed by atoms with Crippen molar-refractivity contribution >= 4 is 5.69 Å². The topological polar surface area (TPSA) is 38.9 Å². The van der Waals surface area contributed by atoms with Crippen molar-refractivity contribution in [1.82, 2.24) is 4.98 Å². The van der Waals surface area contributed by atoms with Gasteiger partial charge in [-0.15, -0.1) is 6.58 Å². The highest BCUT2D eigenvalue weighted by atomic mass is 14.7. The molecule has 13 heavy (non-hydrogen) atoms. The second-order valence-corrected chi connectivity index (χ2v) is 3.42. The quantitative estimate of drug-likeness (QED) is 0.719. The fourth-order valence-electron chi connectivity index (χ4n) is 1.32. The highest BCUT2D eigenvalue weighted by Crippen LogP contribution is 2.22. The van der Waals surface area contributed by atoms with E-state index in [1.165, 1.54) is 0 Å². The second-order valence-electron chi connectivity index (χ2n) is 3.42. The molecule has 0 saturated carbocycles. The zero-order chi connectivity index (χ0) is 9.84. The van der Waals surface area contributed by atoms with Crippen LogP contribution in [0.25, 0.3) is 0 Å². The predicted molar refractivity (Wildman–Crippen MR) is 56.6 cm³/mol. The van der Waals surface area contributed by atoms with E-state index in [-0.39, 0.29) is 0 Å². The molecule has 0 atom stereocenters. The molecule has 1 heterocycles. The Bertz CT molecular complexity index is 303. The Balaban J connectivity index is 3.10. The van der Waals surface area contributed by atoms with E-state index in [0.29, 0.717) is 5.92 Å². The van der Waals surface area contributed by atoms with Gasteiger partial charge in [-0.1, -0.05) is 19.9 Å². The lowest BCUT2D eigenvalue weighted by atomic mass is 10.0. The molecule has 2 N–H and O–H groups in total. The summed E-state index contributed by atoms with van der Waals surface area (Å²) in [6.45, 7) is 7.88. The standard InChI is InChI=1S/C11H16N2/c1-4-5-9-6-7-13-11(8(2)3)10(9)12/h4,6-8H,1,5,12H2,2-3H3. The van der Waals surface area contributed by atoms with Crippen LogP contribution in [0, 0.1) is 0 Å². The van der Waals surface area contributed by atoms with E-state index in [0.717, 1.165) is 23.4 Å². The van der Waals surface area contributed by atoms with Crippen molar-refractivity contribution in [2.45, 2.75) is 26.2 Å². The fourth-order valence-corrected chi connectivity index (χ4v) is 1.32. The van der Waals surface area contributed by atoms with E-state index in [9.17, 15) is 0 Å². The first-order valence-electron chi connectivity index (χ1n) is 4.51. The molecule has 0 aliphatic rings. The van der Waals surface area contributed by atoms with Crippen molar-refractivity contribution in [1.29, 1.82) is 0 Å². The van der Waals surface area contributed by atoms with Crippen molar-refractivity contribution < 1.29 is 0 Å². The molecule has 2 heteroatoms. The summed E-state index contributed by atoms with van der Waals surface area (Å²) < 4.78 is 0. The first-order chi connectivity index (χ1) is 6.16. The summed E-state index contributed by atoms with van der Waals surface area (Å²) in [5.41, 5.74) is 8.88. The molecule has 0 radical (unpaired) electrons. The Labute approximate surface area is 79.5 Å². The maximum atomic E-state index is 5.96. The first kappa shape index (κ1) is 9.78. The molecule has 1 rings (SSSR count). The summed E-state index contributed by atoms with van der Waals surface area (Å²) in [6, 6.07) is 1.95. The Morgan fingerprint density at radius 2 is 2.31 bits per heavy atom. The van der Waals surface area contributed by atoms with Gasteiger partial charge in [0.05, 0.1) is 11.4 Å². The van der Waals surface area contributed by atoms with Gasteiger partial charge in [-0.25, -0.2) is 0 Å². The fraction of sp³-hybridized carbons (Fsp3) is 0.364. The summed E-state index contributed by atoms with van der Waals surface area (Å²) in [4.78, 5) is 4.26. The number of nitrogens with two attached hydrogens (primary N) is 1. The number of allylic oxidation sites excluding steroid dienone is 1. The van der Waals surface area contributed by atoms with Crippen LogP contribution in [0.1, 0.15) is 31.0 Å². The number of nitrogens with zero attached hydrogens (tertiary/aromatic N) is 1. The zero-order valence-corrected chi connectivity index (χ0v) is 8.25. The van der Waals surface area contributed by atoms with Gasteiger partial charge in [0.15, 0.2) is 0 Å². The summed E-state index contributed by atoms with van der Waals surface area (Å²) in [7, 11) is 0.